The predicted octanol–water partition coefficient (Wildman–Crippen LogP) is 2.80. The van der Waals surface area contributed by atoms with Crippen LogP contribution >= 0.6 is 15.9 Å². The van der Waals surface area contributed by atoms with Gasteiger partial charge in [-0.15, -0.1) is 0 Å². The molecular weight excluding hydrogens is 268 g/mol. The van der Waals surface area contributed by atoms with Gasteiger partial charge in [0.05, 0.1) is 0 Å². The third-order valence-electron chi connectivity index (χ3n) is 2.00. The Kier molecular flexibility index (Phi) is 3.13. The van der Waals surface area contributed by atoms with E-state index in [0.29, 0.717) is 5.95 Å². The normalized spacial score (nSPS) is 9.50. The van der Waals surface area contributed by atoms with E-state index in [9.17, 15) is 0 Å². The summed E-state index contributed by atoms with van der Waals surface area (Å²) in [5.74, 6) is 0.304. The van der Waals surface area contributed by atoms with Crippen molar-refractivity contribution in [1.82, 2.24) is 9.97 Å². The van der Waals surface area contributed by atoms with E-state index in [4.69, 9.17) is 5.26 Å². The molecular formula is C11H7BrN4. The van der Waals surface area contributed by atoms with E-state index in [2.05, 4.69) is 31.2 Å². The van der Waals surface area contributed by atoms with E-state index in [1.54, 1.807) is 18.6 Å². The van der Waals surface area contributed by atoms with Gasteiger partial charge in [-0.2, -0.15) is 5.26 Å². The van der Waals surface area contributed by atoms with Gasteiger partial charge in [0.2, 0.25) is 5.95 Å². The van der Waals surface area contributed by atoms with Gasteiger partial charge in [-0.25, -0.2) is 9.97 Å². The molecule has 5 heteroatoms. The van der Waals surface area contributed by atoms with Crippen molar-refractivity contribution in [3.63, 3.8) is 0 Å². The summed E-state index contributed by atoms with van der Waals surface area (Å²) in [5, 5.41) is 10.8. The number of hydrogen-bond donors (Lipinski definition) is 1. The van der Waals surface area contributed by atoms with Crippen molar-refractivity contribution in [1.29, 1.82) is 5.26 Å². The van der Waals surface area contributed by atoms with Crippen LogP contribution in [0.2, 0.25) is 0 Å². The van der Waals surface area contributed by atoms with Crippen molar-refractivity contribution < 1.29 is 0 Å². The summed E-state index contributed by atoms with van der Waals surface area (Å²) in [6, 6.07) is 7.82. The van der Waals surface area contributed by atoms with Crippen LogP contribution in [0.15, 0.2) is 41.1 Å². The maximum atomic E-state index is 8.40. The zero-order chi connectivity index (χ0) is 11.4. The van der Waals surface area contributed by atoms with Crippen LogP contribution in [0.1, 0.15) is 0 Å². The molecule has 0 aliphatic rings. The molecule has 0 atom stereocenters. The molecule has 0 aliphatic carbocycles. The van der Waals surface area contributed by atoms with Crippen LogP contribution in [0.25, 0.3) is 11.1 Å². The molecule has 2 rings (SSSR count). The first-order valence-electron chi connectivity index (χ1n) is 4.53. The van der Waals surface area contributed by atoms with Crippen LogP contribution in [0.4, 0.5) is 5.95 Å². The van der Waals surface area contributed by atoms with Crippen LogP contribution in [0.5, 0.6) is 0 Å². The highest BCUT2D eigenvalue weighted by atomic mass is 79.9. The van der Waals surface area contributed by atoms with E-state index in [1.807, 2.05) is 24.3 Å². The molecule has 0 saturated carbocycles. The first kappa shape index (κ1) is 10.6. The minimum Gasteiger partial charge on any atom is -0.261 e. The molecule has 78 valence electrons. The molecule has 0 saturated heterocycles. The Morgan fingerprint density at radius 1 is 1.19 bits per heavy atom. The van der Waals surface area contributed by atoms with E-state index in [1.165, 1.54) is 0 Å². The lowest BCUT2D eigenvalue weighted by Crippen LogP contribution is -1.95. The minimum absolute atomic E-state index is 0.304. The van der Waals surface area contributed by atoms with Crippen molar-refractivity contribution in [2.75, 3.05) is 5.32 Å². The number of nitrogens with one attached hydrogen (secondary N) is 1. The average molecular weight is 275 g/mol. The van der Waals surface area contributed by atoms with Gasteiger partial charge in [0.15, 0.2) is 6.19 Å². The molecule has 4 nitrogen and oxygen atoms in total. The van der Waals surface area contributed by atoms with Gasteiger partial charge >= 0.3 is 0 Å². The monoisotopic (exact) mass is 274 g/mol. The van der Waals surface area contributed by atoms with Crippen molar-refractivity contribution in [2.24, 2.45) is 0 Å². The van der Waals surface area contributed by atoms with E-state index >= 15 is 0 Å². The molecule has 0 fully saturated rings. The van der Waals surface area contributed by atoms with Crippen molar-refractivity contribution >= 4 is 21.9 Å². The van der Waals surface area contributed by atoms with Gasteiger partial charge in [-0.05, 0) is 11.6 Å². The standard InChI is InChI=1S/C11H7BrN4/c12-10-4-2-1-3-9(10)8-5-14-11(15-6-8)16-7-13/h1-6H,(H,14,15,16). The molecule has 1 aromatic heterocycles. The topological polar surface area (TPSA) is 61.6 Å². The van der Waals surface area contributed by atoms with E-state index in [0.717, 1.165) is 15.6 Å². The summed E-state index contributed by atoms with van der Waals surface area (Å²) < 4.78 is 0.986. The fraction of sp³-hybridized carbons (Fsp3) is 0. The summed E-state index contributed by atoms with van der Waals surface area (Å²) >= 11 is 3.46. The lowest BCUT2D eigenvalue weighted by molar-refractivity contribution is 1.17. The molecule has 0 spiro atoms. The smallest absolute Gasteiger partial charge is 0.236 e. The van der Waals surface area contributed by atoms with Gasteiger partial charge in [0, 0.05) is 22.4 Å². The molecule has 1 heterocycles. The van der Waals surface area contributed by atoms with Crippen molar-refractivity contribution in [3.05, 3.63) is 41.1 Å². The van der Waals surface area contributed by atoms with Gasteiger partial charge < -0.3 is 0 Å². The highest BCUT2D eigenvalue weighted by Crippen LogP contribution is 2.26. The van der Waals surface area contributed by atoms with E-state index in [-0.39, 0.29) is 0 Å². The van der Waals surface area contributed by atoms with Gasteiger partial charge in [0.1, 0.15) is 0 Å². The molecule has 16 heavy (non-hydrogen) atoms. The number of nitrogens with zero attached hydrogens (tertiary/aromatic N) is 3. The Morgan fingerprint density at radius 2 is 1.88 bits per heavy atom. The quantitative estimate of drug-likeness (QED) is 0.676. The molecule has 0 amide bonds. The molecule has 0 aliphatic heterocycles. The molecule has 0 unspecified atom stereocenters. The summed E-state index contributed by atoms with van der Waals surface area (Å²) in [7, 11) is 0. The third-order valence-corrected chi connectivity index (χ3v) is 2.70. The number of halogens is 1. The van der Waals surface area contributed by atoms with Crippen LogP contribution in [-0.2, 0) is 0 Å². The first-order chi connectivity index (χ1) is 7.81. The van der Waals surface area contributed by atoms with E-state index < -0.39 is 0 Å². The molecule has 0 bridgehead atoms. The number of nitriles is 1. The van der Waals surface area contributed by atoms with Crippen LogP contribution in [-0.4, -0.2) is 9.97 Å². The van der Waals surface area contributed by atoms with Gasteiger partial charge in [0.25, 0.3) is 0 Å². The Balaban J connectivity index is 2.36. The van der Waals surface area contributed by atoms with Crippen molar-refractivity contribution in [3.8, 4) is 17.3 Å². The number of benzene rings is 1. The number of hydrogen-bond acceptors (Lipinski definition) is 4. The Morgan fingerprint density at radius 3 is 2.50 bits per heavy atom. The Hall–Kier alpha value is -1.93. The van der Waals surface area contributed by atoms with Crippen molar-refractivity contribution in [2.45, 2.75) is 0 Å². The SMILES string of the molecule is N#CNc1ncc(-c2ccccc2Br)cn1. The van der Waals surface area contributed by atoms with Gasteiger partial charge in [-0.1, -0.05) is 34.1 Å². The highest BCUT2D eigenvalue weighted by molar-refractivity contribution is 9.10. The lowest BCUT2D eigenvalue weighted by Gasteiger charge is -2.03. The predicted molar refractivity (Wildman–Crippen MR) is 64.4 cm³/mol. The maximum absolute atomic E-state index is 8.40. The first-order valence-corrected chi connectivity index (χ1v) is 5.32. The second-order valence-corrected chi connectivity index (χ2v) is 3.87. The van der Waals surface area contributed by atoms with Gasteiger partial charge in [-0.3, -0.25) is 5.32 Å². The average Bonchev–Trinajstić information content (AvgIpc) is 2.31. The second kappa shape index (κ2) is 4.73. The fourth-order valence-electron chi connectivity index (χ4n) is 1.28. The zero-order valence-electron chi connectivity index (χ0n) is 8.18. The molecule has 1 aromatic carbocycles. The van der Waals surface area contributed by atoms with Crippen LogP contribution in [0, 0.1) is 11.5 Å². The summed E-state index contributed by atoms with van der Waals surface area (Å²) in [6.07, 6.45) is 5.12. The summed E-state index contributed by atoms with van der Waals surface area (Å²) in [6.45, 7) is 0. The summed E-state index contributed by atoms with van der Waals surface area (Å²) in [5.41, 5.74) is 1.92. The maximum Gasteiger partial charge on any atom is 0.236 e. The number of anilines is 1. The number of aromatic nitrogens is 2. The Labute approximate surface area is 101 Å². The summed E-state index contributed by atoms with van der Waals surface area (Å²) in [4.78, 5) is 8.04. The largest absolute Gasteiger partial charge is 0.261 e. The third kappa shape index (κ3) is 2.18. The zero-order valence-corrected chi connectivity index (χ0v) is 9.77. The molecule has 2 aromatic rings. The number of rotatable bonds is 2. The highest BCUT2D eigenvalue weighted by Gasteiger charge is 2.03. The molecule has 0 radical (unpaired) electrons. The van der Waals surface area contributed by atoms with Crippen LogP contribution < -0.4 is 5.32 Å². The lowest BCUT2D eigenvalue weighted by atomic mass is 10.1. The minimum atomic E-state index is 0.304. The second-order valence-electron chi connectivity index (χ2n) is 3.01. The van der Waals surface area contributed by atoms with Crippen LogP contribution in [0.3, 0.4) is 0 Å². The fourth-order valence-corrected chi connectivity index (χ4v) is 1.79. The Bertz CT molecular complexity index is 530. The molecule has 1 N–H and O–H groups in total.